The molecule has 16 heavy (non-hydrogen) atoms. The first-order valence-electron chi connectivity index (χ1n) is 7.15. The van der Waals surface area contributed by atoms with Crippen molar-refractivity contribution in [1.29, 1.82) is 0 Å². The highest BCUT2D eigenvalue weighted by atomic mass is 16.5. The van der Waals surface area contributed by atoms with Crippen molar-refractivity contribution in [1.82, 2.24) is 5.32 Å². The predicted molar refractivity (Wildman–Crippen MR) is 69.8 cm³/mol. The molecule has 2 nitrogen and oxygen atoms in total. The average molecular weight is 227 g/mol. The van der Waals surface area contributed by atoms with Gasteiger partial charge in [-0.15, -0.1) is 0 Å². The summed E-state index contributed by atoms with van der Waals surface area (Å²) in [6.07, 6.45) is 9.91. The second-order valence-corrected chi connectivity index (χ2v) is 5.16. The maximum Gasteiger partial charge on any atom is 0.0580 e. The Kier molecular flexibility index (Phi) is 7.06. The highest BCUT2D eigenvalue weighted by Gasteiger charge is 2.22. The third-order valence-corrected chi connectivity index (χ3v) is 3.48. The summed E-state index contributed by atoms with van der Waals surface area (Å²) >= 11 is 0. The van der Waals surface area contributed by atoms with Gasteiger partial charge in [0, 0.05) is 6.04 Å². The Hall–Kier alpha value is -0.0800. The normalized spacial score (nSPS) is 27.2. The van der Waals surface area contributed by atoms with Gasteiger partial charge in [-0.1, -0.05) is 20.3 Å². The molecule has 0 amide bonds. The molecule has 96 valence electrons. The van der Waals surface area contributed by atoms with Crippen LogP contribution in [0.15, 0.2) is 0 Å². The molecular weight excluding hydrogens is 198 g/mol. The fourth-order valence-corrected chi connectivity index (χ4v) is 2.53. The van der Waals surface area contributed by atoms with Gasteiger partial charge in [0.15, 0.2) is 0 Å². The molecule has 0 aromatic rings. The Morgan fingerprint density at radius 3 is 2.56 bits per heavy atom. The van der Waals surface area contributed by atoms with Gasteiger partial charge >= 0.3 is 0 Å². The van der Waals surface area contributed by atoms with Crippen molar-refractivity contribution < 1.29 is 4.74 Å². The van der Waals surface area contributed by atoms with Gasteiger partial charge < -0.3 is 10.1 Å². The van der Waals surface area contributed by atoms with Crippen LogP contribution in [0.25, 0.3) is 0 Å². The average Bonchev–Trinajstić information content (AvgIpc) is 2.68. The van der Waals surface area contributed by atoms with E-state index < -0.39 is 0 Å². The predicted octanol–water partition coefficient (Wildman–Crippen LogP) is 3.50. The molecule has 0 aliphatic carbocycles. The SMILES string of the molecule is CCCNC(CCC)CCC1CCC(C)O1. The lowest BCUT2D eigenvalue weighted by Crippen LogP contribution is -2.30. The number of hydrogen-bond donors (Lipinski definition) is 1. The number of ether oxygens (including phenoxy) is 1. The van der Waals surface area contributed by atoms with Crippen LogP contribution in [-0.2, 0) is 4.74 Å². The summed E-state index contributed by atoms with van der Waals surface area (Å²) < 4.78 is 5.87. The zero-order valence-corrected chi connectivity index (χ0v) is 11.3. The van der Waals surface area contributed by atoms with Gasteiger partial charge in [-0.05, 0) is 52.0 Å². The van der Waals surface area contributed by atoms with Crippen molar-refractivity contribution in [2.24, 2.45) is 0 Å². The first-order valence-corrected chi connectivity index (χ1v) is 7.15. The van der Waals surface area contributed by atoms with Crippen LogP contribution in [0.2, 0.25) is 0 Å². The van der Waals surface area contributed by atoms with Crippen LogP contribution < -0.4 is 5.32 Å². The van der Waals surface area contributed by atoms with Crippen LogP contribution in [0.5, 0.6) is 0 Å². The summed E-state index contributed by atoms with van der Waals surface area (Å²) in [5.74, 6) is 0. The molecule has 0 radical (unpaired) electrons. The van der Waals surface area contributed by atoms with E-state index in [1.54, 1.807) is 0 Å². The topological polar surface area (TPSA) is 21.3 Å². The van der Waals surface area contributed by atoms with Crippen molar-refractivity contribution in [3.05, 3.63) is 0 Å². The molecule has 1 aliphatic rings. The fourth-order valence-electron chi connectivity index (χ4n) is 2.53. The molecule has 0 aromatic heterocycles. The third kappa shape index (κ3) is 5.31. The van der Waals surface area contributed by atoms with E-state index in [-0.39, 0.29) is 0 Å². The van der Waals surface area contributed by atoms with Crippen molar-refractivity contribution in [2.75, 3.05) is 6.54 Å². The molecule has 1 saturated heterocycles. The van der Waals surface area contributed by atoms with Crippen LogP contribution >= 0.6 is 0 Å². The number of hydrogen-bond acceptors (Lipinski definition) is 2. The summed E-state index contributed by atoms with van der Waals surface area (Å²) in [5.41, 5.74) is 0. The Morgan fingerprint density at radius 2 is 2.00 bits per heavy atom. The molecule has 0 bridgehead atoms. The van der Waals surface area contributed by atoms with Crippen molar-refractivity contribution in [2.45, 2.75) is 84.0 Å². The second-order valence-electron chi connectivity index (χ2n) is 5.16. The van der Waals surface area contributed by atoms with Gasteiger partial charge in [0.1, 0.15) is 0 Å². The lowest BCUT2D eigenvalue weighted by molar-refractivity contribution is 0.0479. The summed E-state index contributed by atoms with van der Waals surface area (Å²) in [4.78, 5) is 0. The standard InChI is InChI=1S/C14H29NO/c1-4-6-13(15-11-5-2)8-10-14-9-7-12(3)16-14/h12-15H,4-11H2,1-3H3. The molecule has 3 atom stereocenters. The van der Waals surface area contributed by atoms with Gasteiger partial charge in [-0.2, -0.15) is 0 Å². The van der Waals surface area contributed by atoms with Crippen LogP contribution in [0.3, 0.4) is 0 Å². The number of nitrogens with one attached hydrogen (secondary N) is 1. The maximum atomic E-state index is 5.87. The van der Waals surface area contributed by atoms with Gasteiger partial charge in [-0.25, -0.2) is 0 Å². The molecule has 1 aliphatic heterocycles. The molecule has 1 heterocycles. The summed E-state index contributed by atoms with van der Waals surface area (Å²) in [5, 5.41) is 3.65. The Labute approximate surface area is 101 Å². The van der Waals surface area contributed by atoms with Gasteiger partial charge in [0.2, 0.25) is 0 Å². The van der Waals surface area contributed by atoms with Crippen molar-refractivity contribution in [3.8, 4) is 0 Å². The highest BCUT2D eigenvalue weighted by Crippen LogP contribution is 2.23. The van der Waals surface area contributed by atoms with Crippen LogP contribution in [0, 0.1) is 0 Å². The molecule has 0 spiro atoms. The molecule has 1 N–H and O–H groups in total. The Balaban J connectivity index is 2.15. The lowest BCUT2D eigenvalue weighted by Gasteiger charge is -2.19. The van der Waals surface area contributed by atoms with E-state index in [1.807, 2.05) is 0 Å². The number of rotatable bonds is 8. The maximum absolute atomic E-state index is 5.87. The van der Waals surface area contributed by atoms with E-state index in [0.717, 1.165) is 6.54 Å². The first kappa shape index (κ1) is 14.0. The lowest BCUT2D eigenvalue weighted by atomic mass is 10.0. The molecule has 2 heteroatoms. The summed E-state index contributed by atoms with van der Waals surface area (Å²) in [6.45, 7) is 7.86. The molecular formula is C14H29NO. The van der Waals surface area contributed by atoms with Gasteiger partial charge in [-0.3, -0.25) is 0 Å². The van der Waals surface area contributed by atoms with Crippen LogP contribution in [0.1, 0.15) is 65.7 Å². The zero-order chi connectivity index (χ0) is 11.8. The molecule has 1 fully saturated rings. The Bertz CT molecular complexity index is 172. The van der Waals surface area contributed by atoms with Crippen LogP contribution in [-0.4, -0.2) is 24.8 Å². The summed E-state index contributed by atoms with van der Waals surface area (Å²) in [7, 11) is 0. The van der Waals surface area contributed by atoms with Gasteiger partial charge in [0.25, 0.3) is 0 Å². The van der Waals surface area contributed by atoms with E-state index >= 15 is 0 Å². The molecule has 0 aromatic carbocycles. The minimum Gasteiger partial charge on any atom is -0.375 e. The van der Waals surface area contributed by atoms with E-state index in [2.05, 4.69) is 26.1 Å². The monoisotopic (exact) mass is 227 g/mol. The smallest absolute Gasteiger partial charge is 0.0580 e. The third-order valence-electron chi connectivity index (χ3n) is 3.48. The zero-order valence-electron chi connectivity index (χ0n) is 11.3. The fraction of sp³-hybridized carbons (Fsp3) is 1.00. The van der Waals surface area contributed by atoms with Crippen LogP contribution in [0.4, 0.5) is 0 Å². The quantitative estimate of drug-likeness (QED) is 0.685. The van der Waals surface area contributed by atoms with Crippen molar-refractivity contribution >= 4 is 0 Å². The largest absolute Gasteiger partial charge is 0.375 e. The highest BCUT2D eigenvalue weighted by molar-refractivity contribution is 4.74. The minimum atomic E-state index is 0.498. The minimum absolute atomic E-state index is 0.498. The van der Waals surface area contributed by atoms with E-state index in [1.165, 1.54) is 44.9 Å². The first-order chi connectivity index (χ1) is 7.76. The van der Waals surface area contributed by atoms with E-state index in [9.17, 15) is 0 Å². The Morgan fingerprint density at radius 1 is 1.19 bits per heavy atom. The van der Waals surface area contributed by atoms with Gasteiger partial charge in [0.05, 0.1) is 12.2 Å². The van der Waals surface area contributed by atoms with E-state index in [4.69, 9.17) is 4.74 Å². The second kappa shape index (κ2) is 8.08. The molecule has 3 unspecified atom stereocenters. The van der Waals surface area contributed by atoms with Crippen molar-refractivity contribution in [3.63, 3.8) is 0 Å². The molecule has 0 saturated carbocycles. The molecule has 1 rings (SSSR count). The summed E-state index contributed by atoms with van der Waals surface area (Å²) in [6, 6.07) is 0.712. The van der Waals surface area contributed by atoms with E-state index in [0.29, 0.717) is 18.2 Å².